The fourth-order valence-electron chi connectivity index (χ4n) is 1.54. The highest BCUT2D eigenvalue weighted by atomic mass is 79.9. The van der Waals surface area contributed by atoms with Crippen LogP contribution >= 0.6 is 15.9 Å². The fourth-order valence-corrected chi connectivity index (χ4v) is 1.76. The Morgan fingerprint density at radius 1 is 1.60 bits per heavy atom. The lowest BCUT2D eigenvalue weighted by Crippen LogP contribution is -2.24. The van der Waals surface area contributed by atoms with Gasteiger partial charge in [0.15, 0.2) is 0 Å². The van der Waals surface area contributed by atoms with Crippen molar-refractivity contribution in [3.63, 3.8) is 0 Å². The predicted molar refractivity (Wildman–Crippen MR) is 65.9 cm³/mol. The second kappa shape index (κ2) is 4.10. The summed E-state index contributed by atoms with van der Waals surface area (Å²) in [6, 6.07) is 2.05. The van der Waals surface area contributed by atoms with Gasteiger partial charge in [0.2, 0.25) is 0 Å². The number of nitrogens with one attached hydrogen (secondary N) is 1. The Labute approximate surface area is 98.6 Å². The first-order valence-electron chi connectivity index (χ1n) is 5.21. The van der Waals surface area contributed by atoms with Crippen LogP contribution in [0.5, 0.6) is 0 Å². The first-order chi connectivity index (χ1) is 7.15. The van der Waals surface area contributed by atoms with Crippen LogP contribution in [0, 0.1) is 12.3 Å². The number of aryl methyl sites for hydroxylation is 1. The molecule has 3 nitrogen and oxygen atoms in total. The summed E-state index contributed by atoms with van der Waals surface area (Å²) in [6.07, 6.45) is 4.32. The molecule has 0 amide bonds. The van der Waals surface area contributed by atoms with Crippen LogP contribution in [-0.4, -0.2) is 18.1 Å². The minimum absolute atomic E-state index is 0.350. The molecule has 1 aromatic rings. The lowest BCUT2D eigenvalue weighted by Gasteiger charge is -2.14. The van der Waals surface area contributed by atoms with Crippen molar-refractivity contribution in [2.45, 2.75) is 19.8 Å². The maximum absolute atomic E-state index is 5.72. The SMILES string of the molecule is Cc1cc(NCC2(CN)CC2)ncc1Br. The van der Waals surface area contributed by atoms with E-state index in [1.807, 2.05) is 6.20 Å². The average molecular weight is 270 g/mol. The molecule has 0 unspecified atom stereocenters. The Morgan fingerprint density at radius 2 is 2.33 bits per heavy atom. The van der Waals surface area contributed by atoms with E-state index < -0.39 is 0 Å². The molecule has 0 spiro atoms. The van der Waals surface area contributed by atoms with Crippen molar-refractivity contribution < 1.29 is 0 Å². The molecule has 1 saturated carbocycles. The summed E-state index contributed by atoms with van der Waals surface area (Å²) >= 11 is 3.44. The average Bonchev–Trinajstić information content (AvgIpc) is 3.01. The molecule has 3 N–H and O–H groups in total. The van der Waals surface area contributed by atoms with Crippen molar-refractivity contribution in [2.24, 2.45) is 11.1 Å². The third-order valence-corrected chi connectivity index (χ3v) is 3.91. The summed E-state index contributed by atoms with van der Waals surface area (Å²) in [5.74, 6) is 0.940. The van der Waals surface area contributed by atoms with Crippen molar-refractivity contribution in [1.29, 1.82) is 0 Å². The van der Waals surface area contributed by atoms with Crippen LogP contribution in [-0.2, 0) is 0 Å². The number of nitrogens with zero attached hydrogens (tertiary/aromatic N) is 1. The van der Waals surface area contributed by atoms with Gasteiger partial charge in [-0.15, -0.1) is 0 Å². The largest absolute Gasteiger partial charge is 0.369 e. The molecule has 1 aliphatic rings. The van der Waals surface area contributed by atoms with Crippen molar-refractivity contribution in [3.8, 4) is 0 Å². The topological polar surface area (TPSA) is 50.9 Å². The molecule has 1 fully saturated rings. The fraction of sp³-hybridized carbons (Fsp3) is 0.545. The highest BCUT2D eigenvalue weighted by Gasteiger charge is 2.40. The molecular formula is C11H16BrN3. The molecule has 82 valence electrons. The summed E-state index contributed by atoms with van der Waals surface area (Å²) in [7, 11) is 0. The normalized spacial score (nSPS) is 17.5. The number of aromatic nitrogens is 1. The Morgan fingerprint density at radius 3 is 2.87 bits per heavy atom. The predicted octanol–water partition coefficient (Wildman–Crippen LogP) is 2.30. The van der Waals surface area contributed by atoms with E-state index in [-0.39, 0.29) is 0 Å². The number of pyridine rings is 1. The van der Waals surface area contributed by atoms with Crippen molar-refractivity contribution in [3.05, 3.63) is 22.3 Å². The van der Waals surface area contributed by atoms with Crippen LogP contribution in [0.1, 0.15) is 18.4 Å². The molecule has 0 radical (unpaired) electrons. The minimum Gasteiger partial charge on any atom is -0.369 e. The summed E-state index contributed by atoms with van der Waals surface area (Å²) in [6.45, 7) is 3.78. The molecule has 1 heterocycles. The van der Waals surface area contributed by atoms with E-state index in [2.05, 4.69) is 39.2 Å². The standard InChI is InChI=1S/C11H16BrN3/c1-8-4-10(14-5-9(8)12)15-7-11(6-13)2-3-11/h4-5H,2-3,6-7,13H2,1H3,(H,14,15). The van der Waals surface area contributed by atoms with Crippen LogP contribution in [0.25, 0.3) is 0 Å². The van der Waals surface area contributed by atoms with Gasteiger partial charge in [-0.05, 0) is 59.3 Å². The number of anilines is 1. The Bertz CT molecular complexity index is 361. The quantitative estimate of drug-likeness (QED) is 0.882. The number of hydrogen-bond donors (Lipinski definition) is 2. The van der Waals surface area contributed by atoms with E-state index in [0.29, 0.717) is 5.41 Å². The van der Waals surface area contributed by atoms with Gasteiger partial charge in [-0.3, -0.25) is 0 Å². The highest BCUT2D eigenvalue weighted by Crippen LogP contribution is 2.44. The van der Waals surface area contributed by atoms with Gasteiger partial charge in [0.1, 0.15) is 5.82 Å². The minimum atomic E-state index is 0.350. The maximum atomic E-state index is 5.72. The van der Waals surface area contributed by atoms with Gasteiger partial charge in [0, 0.05) is 17.2 Å². The number of hydrogen-bond acceptors (Lipinski definition) is 3. The van der Waals surface area contributed by atoms with Crippen LogP contribution < -0.4 is 11.1 Å². The molecule has 0 aromatic carbocycles. The molecule has 0 saturated heterocycles. The van der Waals surface area contributed by atoms with E-state index in [9.17, 15) is 0 Å². The smallest absolute Gasteiger partial charge is 0.126 e. The second-order valence-corrected chi connectivity index (χ2v) is 5.23. The molecular weight excluding hydrogens is 254 g/mol. The highest BCUT2D eigenvalue weighted by molar-refractivity contribution is 9.10. The van der Waals surface area contributed by atoms with Gasteiger partial charge in [0.05, 0.1) is 0 Å². The van der Waals surface area contributed by atoms with Gasteiger partial charge >= 0.3 is 0 Å². The first-order valence-corrected chi connectivity index (χ1v) is 6.01. The van der Waals surface area contributed by atoms with E-state index in [0.717, 1.165) is 23.4 Å². The Kier molecular flexibility index (Phi) is 2.98. The van der Waals surface area contributed by atoms with E-state index in [1.54, 1.807) is 0 Å². The van der Waals surface area contributed by atoms with Gasteiger partial charge < -0.3 is 11.1 Å². The van der Waals surface area contributed by atoms with E-state index in [4.69, 9.17) is 5.73 Å². The molecule has 1 aromatic heterocycles. The zero-order valence-corrected chi connectivity index (χ0v) is 10.5. The van der Waals surface area contributed by atoms with Crippen LogP contribution in [0.3, 0.4) is 0 Å². The number of halogens is 1. The van der Waals surface area contributed by atoms with E-state index in [1.165, 1.54) is 18.4 Å². The first kappa shape index (κ1) is 10.9. The third-order valence-electron chi connectivity index (χ3n) is 3.08. The lowest BCUT2D eigenvalue weighted by molar-refractivity contribution is 0.555. The zero-order chi connectivity index (χ0) is 10.9. The monoisotopic (exact) mass is 269 g/mol. The van der Waals surface area contributed by atoms with Gasteiger partial charge in [-0.25, -0.2) is 4.98 Å². The zero-order valence-electron chi connectivity index (χ0n) is 8.89. The molecule has 0 atom stereocenters. The van der Waals surface area contributed by atoms with Crippen LogP contribution in [0.4, 0.5) is 5.82 Å². The number of rotatable bonds is 4. The Hall–Kier alpha value is -0.610. The molecule has 1 aliphatic carbocycles. The number of nitrogens with two attached hydrogens (primary N) is 1. The Balaban J connectivity index is 1.96. The van der Waals surface area contributed by atoms with Crippen LogP contribution in [0.2, 0.25) is 0 Å². The second-order valence-electron chi connectivity index (χ2n) is 4.38. The molecule has 2 rings (SSSR count). The summed E-state index contributed by atoms with van der Waals surface area (Å²) in [4.78, 5) is 4.31. The van der Waals surface area contributed by atoms with Crippen molar-refractivity contribution in [1.82, 2.24) is 4.98 Å². The molecule has 15 heavy (non-hydrogen) atoms. The van der Waals surface area contributed by atoms with Crippen molar-refractivity contribution in [2.75, 3.05) is 18.4 Å². The van der Waals surface area contributed by atoms with Crippen molar-refractivity contribution >= 4 is 21.7 Å². The lowest BCUT2D eigenvalue weighted by atomic mass is 10.1. The summed E-state index contributed by atoms with van der Waals surface area (Å²) < 4.78 is 1.05. The molecule has 4 heteroatoms. The van der Waals surface area contributed by atoms with Gasteiger partial charge in [-0.1, -0.05) is 0 Å². The van der Waals surface area contributed by atoms with Crippen LogP contribution in [0.15, 0.2) is 16.7 Å². The molecule has 0 bridgehead atoms. The van der Waals surface area contributed by atoms with Gasteiger partial charge in [0.25, 0.3) is 0 Å². The summed E-state index contributed by atoms with van der Waals surface area (Å²) in [5, 5.41) is 3.35. The van der Waals surface area contributed by atoms with Gasteiger partial charge in [-0.2, -0.15) is 0 Å². The maximum Gasteiger partial charge on any atom is 0.126 e. The molecule has 0 aliphatic heterocycles. The van der Waals surface area contributed by atoms with E-state index >= 15 is 0 Å². The third kappa shape index (κ3) is 2.49. The summed E-state index contributed by atoms with van der Waals surface area (Å²) in [5.41, 5.74) is 7.27.